The molecule has 0 fully saturated rings. The molecule has 0 atom stereocenters. The molecule has 0 aliphatic heterocycles. The molecule has 19 heavy (non-hydrogen) atoms. The predicted octanol–water partition coefficient (Wildman–Crippen LogP) is 2.44. The van der Waals surface area contributed by atoms with Gasteiger partial charge in [-0.15, -0.1) is 5.10 Å². The minimum Gasteiger partial charge on any atom is -0.456 e. The van der Waals surface area contributed by atoms with Crippen molar-refractivity contribution in [2.75, 3.05) is 0 Å². The summed E-state index contributed by atoms with van der Waals surface area (Å²) in [5.41, 5.74) is 1.91. The van der Waals surface area contributed by atoms with E-state index in [1.54, 1.807) is 18.3 Å². The molecule has 0 radical (unpaired) electrons. The van der Waals surface area contributed by atoms with E-state index >= 15 is 0 Å². The highest BCUT2D eigenvalue weighted by molar-refractivity contribution is 7.13. The van der Waals surface area contributed by atoms with Gasteiger partial charge in [-0.2, -0.15) is 0 Å². The van der Waals surface area contributed by atoms with Gasteiger partial charge in [-0.1, -0.05) is 16.6 Å². The maximum atomic E-state index is 12.0. The van der Waals surface area contributed by atoms with Gasteiger partial charge in [-0.05, 0) is 35.8 Å². The van der Waals surface area contributed by atoms with Crippen molar-refractivity contribution >= 4 is 27.7 Å². The molecule has 0 aliphatic carbocycles. The molecule has 0 spiro atoms. The number of aromatic nitrogens is 3. The molecule has 5 nitrogen and oxygen atoms in total. The number of carbonyl (C=O) groups excluding carboxylic acids is 1. The molecule has 1 aromatic carbocycles. The van der Waals surface area contributed by atoms with Crippen LogP contribution in [0.3, 0.4) is 0 Å². The Balaban J connectivity index is 1.79. The van der Waals surface area contributed by atoms with Crippen LogP contribution in [0.5, 0.6) is 0 Å². The van der Waals surface area contributed by atoms with Crippen LogP contribution >= 0.6 is 11.5 Å². The number of hydrogen-bond acceptors (Lipinski definition) is 6. The molecule has 2 heterocycles. The number of ether oxygens (including phenoxy) is 1. The summed E-state index contributed by atoms with van der Waals surface area (Å²) in [4.78, 5) is 16.1. The number of hydrogen-bond donors (Lipinski definition) is 0. The van der Waals surface area contributed by atoms with E-state index in [9.17, 15) is 4.79 Å². The van der Waals surface area contributed by atoms with Gasteiger partial charge in [0.2, 0.25) is 0 Å². The van der Waals surface area contributed by atoms with E-state index < -0.39 is 0 Å². The molecule has 0 unspecified atom stereocenters. The lowest BCUT2D eigenvalue weighted by Crippen LogP contribution is -2.06. The Morgan fingerprint density at radius 3 is 3.00 bits per heavy atom. The molecule has 0 saturated carbocycles. The standard InChI is InChI=1S/C13H9N3O2S/c17-13(18-8-9-4-1-2-7-14-9)10-5-3-6-11-12(10)19-16-15-11/h1-7H,8H2. The summed E-state index contributed by atoms with van der Waals surface area (Å²) < 4.78 is 9.82. The van der Waals surface area contributed by atoms with E-state index in [4.69, 9.17) is 4.74 Å². The molecule has 2 aromatic heterocycles. The molecule has 3 rings (SSSR count). The highest BCUT2D eigenvalue weighted by Crippen LogP contribution is 2.21. The Labute approximate surface area is 113 Å². The zero-order chi connectivity index (χ0) is 13.1. The largest absolute Gasteiger partial charge is 0.456 e. The van der Waals surface area contributed by atoms with E-state index in [2.05, 4.69) is 14.6 Å². The second-order valence-corrected chi connectivity index (χ2v) is 4.58. The Morgan fingerprint density at radius 2 is 2.16 bits per heavy atom. The minimum atomic E-state index is -0.387. The molecule has 0 saturated heterocycles. The molecule has 0 aliphatic rings. The normalized spacial score (nSPS) is 10.5. The van der Waals surface area contributed by atoms with Gasteiger partial charge in [0.1, 0.15) is 12.1 Å². The average Bonchev–Trinajstić information content (AvgIpc) is 2.94. The van der Waals surface area contributed by atoms with Crippen molar-refractivity contribution in [1.82, 2.24) is 14.6 Å². The van der Waals surface area contributed by atoms with E-state index in [-0.39, 0.29) is 12.6 Å². The summed E-state index contributed by atoms with van der Waals surface area (Å²) in [6.07, 6.45) is 1.66. The van der Waals surface area contributed by atoms with Crippen LogP contribution in [-0.4, -0.2) is 20.5 Å². The van der Waals surface area contributed by atoms with Gasteiger partial charge in [0.15, 0.2) is 0 Å². The number of carbonyl (C=O) groups is 1. The molecule has 0 bridgehead atoms. The van der Waals surface area contributed by atoms with E-state index in [0.29, 0.717) is 16.8 Å². The Morgan fingerprint density at radius 1 is 1.21 bits per heavy atom. The van der Waals surface area contributed by atoms with Crippen LogP contribution in [0.15, 0.2) is 42.6 Å². The van der Waals surface area contributed by atoms with E-state index in [0.717, 1.165) is 4.70 Å². The third-order valence-electron chi connectivity index (χ3n) is 2.57. The van der Waals surface area contributed by atoms with Gasteiger partial charge in [-0.3, -0.25) is 4.98 Å². The minimum absolute atomic E-state index is 0.155. The lowest BCUT2D eigenvalue weighted by molar-refractivity contribution is 0.0470. The fourth-order valence-corrected chi connectivity index (χ4v) is 2.33. The van der Waals surface area contributed by atoms with Crippen molar-refractivity contribution in [3.63, 3.8) is 0 Å². The summed E-state index contributed by atoms with van der Waals surface area (Å²) in [7, 11) is 0. The molecule has 0 N–H and O–H groups in total. The van der Waals surface area contributed by atoms with E-state index in [1.807, 2.05) is 24.3 Å². The highest BCUT2D eigenvalue weighted by atomic mass is 32.1. The Kier molecular flexibility index (Phi) is 3.16. The first-order valence-corrected chi connectivity index (χ1v) is 6.40. The van der Waals surface area contributed by atoms with Crippen molar-refractivity contribution in [3.05, 3.63) is 53.9 Å². The third-order valence-corrected chi connectivity index (χ3v) is 3.35. The quantitative estimate of drug-likeness (QED) is 0.684. The smallest absolute Gasteiger partial charge is 0.340 e. The van der Waals surface area contributed by atoms with Crippen LogP contribution in [0.25, 0.3) is 10.2 Å². The van der Waals surface area contributed by atoms with Gasteiger partial charge < -0.3 is 4.74 Å². The number of fused-ring (bicyclic) bond motifs is 1. The second-order valence-electron chi connectivity index (χ2n) is 3.82. The molecule has 94 valence electrons. The predicted molar refractivity (Wildman–Crippen MR) is 70.8 cm³/mol. The van der Waals surface area contributed by atoms with Crippen molar-refractivity contribution < 1.29 is 9.53 Å². The molecule has 6 heteroatoms. The van der Waals surface area contributed by atoms with Crippen LogP contribution in [-0.2, 0) is 11.3 Å². The third kappa shape index (κ3) is 2.43. The molecular formula is C13H9N3O2S. The maximum absolute atomic E-state index is 12.0. The van der Waals surface area contributed by atoms with Crippen molar-refractivity contribution in [2.24, 2.45) is 0 Å². The Hall–Kier alpha value is -2.34. The van der Waals surface area contributed by atoms with Crippen molar-refractivity contribution in [3.8, 4) is 0 Å². The lowest BCUT2D eigenvalue weighted by Gasteiger charge is -2.04. The maximum Gasteiger partial charge on any atom is 0.340 e. The fourth-order valence-electron chi connectivity index (χ4n) is 1.67. The Bertz CT molecular complexity index is 712. The highest BCUT2D eigenvalue weighted by Gasteiger charge is 2.13. The first-order chi connectivity index (χ1) is 9.34. The van der Waals surface area contributed by atoms with Crippen molar-refractivity contribution in [2.45, 2.75) is 6.61 Å². The zero-order valence-electron chi connectivity index (χ0n) is 9.81. The van der Waals surface area contributed by atoms with Gasteiger partial charge in [0, 0.05) is 6.20 Å². The number of esters is 1. The summed E-state index contributed by atoms with van der Waals surface area (Å²) in [5.74, 6) is -0.387. The average molecular weight is 271 g/mol. The van der Waals surface area contributed by atoms with E-state index in [1.165, 1.54) is 11.5 Å². The fraction of sp³-hybridized carbons (Fsp3) is 0.0769. The topological polar surface area (TPSA) is 65.0 Å². The zero-order valence-corrected chi connectivity index (χ0v) is 10.6. The van der Waals surface area contributed by atoms with Crippen LogP contribution in [0.1, 0.15) is 16.1 Å². The summed E-state index contributed by atoms with van der Waals surface area (Å²) >= 11 is 1.19. The first kappa shape index (κ1) is 11.7. The van der Waals surface area contributed by atoms with Gasteiger partial charge >= 0.3 is 5.97 Å². The van der Waals surface area contributed by atoms with Crippen LogP contribution < -0.4 is 0 Å². The summed E-state index contributed by atoms with van der Waals surface area (Å²) in [6, 6.07) is 10.8. The second kappa shape index (κ2) is 5.11. The van der Waals surface area contributed by atoms with Gasteiger partial charge in [-0.25, -0.2) is 4.79 Å². The van der Waals surface area contributed by atoms with Crippen LogP contribution in [0.2, 0.25) is 0 Å². The number of nitrogens with zero attached hydrogens (tertiary/aromatic N) is 3. The first-order valence-electron chi connectivity index (χ1n) is 5.63. The molecule has 0 amide bonds. The SMILES string of the molecule is O=C(OCc1ccccn1)c1cccc2nnsc12. The number of benzene rings is 1. The molecular weight excluding hydrogens is 262 g/mol. The van der Waals surface area contributed by atoms with Crippen molar-refractivity contribution in [1.29, 1.82) is 0 Å². The summed E-state index contributed by atoms with van der Waals surface area (Å²) in [5, 5.41) is 3.93. The van der Waals surface area contributed by atoms with Gasteiger partial charge in [0.05, 0.1) is 16.0 Å². The molecule has 3 aromatic rings. The van der Waals surface area contributed by atoms with Crippen LogP contribution in [0.4, 0.5) is 0 Å². The lowest BCUT2D eigenvalue weighted by atomic mass is 10.2. The number of pyridine rings is 1. The number of rotatable bonds is 3. The monoisotopic (exact) mass is 271 g/mol. The van der Waals surface area contributed by atoms with Crippen LogP contribution in [0, 0.1) is 0 Å². The van der Waals surface area contributed by atoms with Gasteiger partial charge in [0.25, 0.3) is 0 Å². The summed E-state index contributed by atoms with van der Waals surface area (Å²) in [6.45, 7) is 0.155.